The van der Waals surface area contributed by atoms with Crippen LogP contribution in [0.2, 0.25) is 0 Å². The van der Waals surface area contributed by atoms with E-state index in [4.69, 9.17) is 8.92 Å². The smallest absolute Gasteiger partial charge is 0.406 e. The fourth-order valence-electron chi connectivity index (χ4n) is 2.64. The maximum Gasteiger partial charge on any atom is 0.406 e. The molecule has 0 bridgehead atoms. The van der Waals surface area contributed by atoms with Gasteiger partial charge in [-0.1, -0.05) is 18.2 Å². The van der Waals surface area contributed by atoms with Crippen LogP contribution in [0, 0.1) is 13.8 Å². The van der Waals surface area contributed by atoms with Gasteiger partial charge in [0, 0.05) is 13.1 Å². The lowest BCUT2D eigenvalue weighted by molar-refractivity contribution is -0.155. The number of aryl methyl sites for hydroxylation is 2. The Bertz CT molecular complexity index is 1090. The highest BCUT2D eigenvalue weighted by Gasteiger charge is 2.30. The van der Waals surface area contributed by atoms with E-state index in [0.717, 1.165) is 18.7 Å². The van der Waals surface area contributed by atoms with E-state index in [9.17, 15) is 26.4 Å². The van der Waals surface area contributed by atoms with Gasteiger partial charge in [-0.05, 0) is 54.8 Å². The van der Waals surface area contributed by atoms with E-state index in [0.29, 0.717) is 16.0 Å². The quantitative estimate of drug-likeness (QED) is 0.462. The van der Waals surface area contributed by atoms with Gasteiger partial charge in [0.25, 0.3) is 0 Å². The topological polar surface area (TPSA) is 72.9 Å². The molecule has 0 fully saturated rings. The van der Waals surface area contributed by atoms with Gasteiger partial charge in [-0.2, -0.15) is 21.6 Å². The molecule has 31 heavy (non-hydrogen) atoms. The van der Waals surface area contributed by atoms with Crippen molar-refractivity contribution in [1.29, 1.82) is 0 Å². The molecule has 0 aromatic heterocycles. The fraction of sp³-hybridized carbons (Fsp3) is 0.286. The standard InChI is InChI=1S/C21H22F3NO5S/c1-14-5-6-15(2)19(11-14)31(27,28)30-17-9-7-16(12-18(17)29-4)8-10-20(26)25(3)13-21(22,23)24/h5-12H,13H2,1-4H3/b10-8+. The van der Waals surface area contributed by atoms with Crippen LogP contribution in [0.25, 0.3) is 6.08 Å². The number of alkyl halides is 3. The third-order valence-corrected chi connectivity index (χ3v) is 5.59. The summed E-state index contributed by atoms with van der Waals surface area (Å²) in [5, 5.41) is 0. The van der Waals surface area contributed by atoms with E-state index in [2.05, 4.69) is 0 Å². The summed E-state index contributed by atoms with van der Waals surface area (Å²) in [6, 6.07) is 9.14. The highest BCUT2D eigenvalue weighted by atomic mass is 32.2. The maximum atomic E-state index is 12.7. The average molecular weight is 457 g/mol. The van der Waals surface area contributed by atoms with E-state index >= 15 is 0 Å². The molecule has 0 radical (unpaired) electrons. The predicted molar refractivity (Wildman–Crippen MR) is 109 cm³/mol. The minimum absolute atomic E-state index is 0.0248. The molecule has 1 amide bonds. The lowest BCUT2D eigenvalue weighted by Crippen LogP contribution is -2.34. The van der Waals surface area contributed by atoms with Crippen molar-refractivity contribution >= 4 is 22.1 Å². The lowest BCUT2D eigenvalue weighted by atomic mass is 10.2. The molecule has 0 aliphatic carbocycles. The molecule has 168 valence electrons. The molecule has 0 N–H and O–H groups in total. The van der Waals surface area contributed by atoms with Crippen molar-refractivity contribution in [2.45, 2.75) is 24.9 Å². The number of rotatable bonds is 7. The molecule has 2 rings (SSSR count). The van der Waals surface area contributed by atoms with Gasteiger partial charge < -0.3 is 13.8 Å². The van der Waals surface area contributed by atoms with Gasteiger partial charge in [0.2, 0.25) is 5.91 Å². The highest BCUT2D eigenvalue weighted by Crippen LogP contribution is 2.32. The zero-order valence-electron chi connectivity index (χ0n) is 17.4. The molecule has 0 saturated carbocycles. The highest BCUT2D eigenvalue weighted by molar-refractivity contribution is 7.87. The molecule has 0 saturated heterocycles. The summed E-state index contributed by atoms with van der Waals surface area (Å²) < 4.78 is 73.0. The molecule has 2 aromatic rings. The Hall–Kier alpha value is -3.01. The van der Waals surface area contributed by atoms with Crippen molar-refractivity contribution < 1.29 is 35.3 Å². The molecule has 10 heteroatoms. The molecule has 6 nitrogen and oxygen atoms in total. The molecule has 0 unspecified atom stereocenters. The monoisotopic (exact) mass is 457 g/mol. The number of nitrogens with zero attached hydrogens (tertiary/aromatic N) is 1. The number of hydrogen-bond acceptors (Lipinski definition) is 5. The number of carbonyl (C=O) groups excluding carboxylic acids is 1. The summed E-state index contributed by atoms with van der Waals surface area (Å²) in [5.74, 6) is -0.831. The third-order valence-electron chi connectivity index (χ3n) is 4.21. The molecular weight excluding hydrogens is 435 g/mol. The largest absolute Gasteiger partial charge is 0.493 e. The van der Waals surface area contributed by atoms with Crippen molar-refractivity contribution in [2.75, 3.05) is 20.7 Å². The van der Waals surface area contributed by atoms with E-state index in [1.807, 2.05) is 0 Å². The first kappa shape index (κ1) is 24.3. The van der Waals surface area contributed by atoms with E-state index in [1.165, 1.54) is 37.5 Å². The Morgan fingerprint density at radius 2 is 1.77 bits per heavy atom. The normalized spacial score (nSPS) is 12.1. The average Bonchev–Trinajstić information content (AvgIpc) is 2.67. The third kappa shape index (κ3) is 6.74. The van der Waals surface area contributed by atoms with Gasteiger partial charge in [0.15, 0.2) is 11.5 Å². The summed E-state index contributed by atoms with van der Waals surface area (Å²) in [7, 11) is -1.79. The van der Waals surface area contributed by atoms with Gasteiger partial charge in [-0.25, -0.2) is 0 Å². The van der Waals surface area contributed by atoms with Gasteiger partial charge in [-0.15, -0.1) is 0 Å². The Morgan fingerprint density at radius 3 is 2.39 bits per heavy atom. The summed E-state index contributed by atoms with van der Waals surface area (Å²) in [4.78, 5) is 12.4. The Morgan fingerprint density at radius 1 is 1.10 bits per heavy atom. The number of likely N-dealkylation sites (N-methyl/N-ethyl adjacent to an activating group) is 1. The Labute approximate surface area is 179 Å². The maximum absolute atomic E-state index is 12.7. The van der Waals surface area contributed by atoms with E-state index < -0.39 is 28.7 Å². The number of amides is 1. The number of benzene rings is 2. The first-order valence-corrected chi connectivity index (χ1v) is 10.4. The number of methoxy groups -OCH3 is 1. The molecule has 2 aromatic carbocycles. The van der Waals surface area contributed by atoms with Crippen LogP contribution in [0.5, 0.6) is 11.5 Å². The first-order valence-electron chi connectivity index (χ1n) is 9.02. The molecule has 0 aliphatic heterocycles. The van der Waals surface area contributed by atoms with Crippen LogP contribution in [0.1, 0.15) is 16.7 Å². The Kier molecular flexibility index (Phi) is 7.37. The minimum atomic E-state index is -4.50. The van der Waals surface area contributed by atoms with Crippen LogP contribution in [-0.2, 0) is 14.9 Å². The van der Waals surface area contributed by atoms with Gasteiger partial charge in [-0.3, -0.25) is 4.79 Å². The number of halogens is 3. The molecule has 0 heterocycles. The van der Waals surface area contributed by atoms with Crippen molar-refractivity contribution in [3.63, 3.8) is 0 Å². The first-order chi connectivity index (χ1) is 14.3. The number of ether oxygens (including phenoxy) is 1. The van der Waals surface area contributed by atoms with Gasteiger partial charge in [0.1, 0.15) is 11.4 Å². The van der Waals surface area contributed by atoms with Crippen LogP contribution >= 0.6 is 0 Å². The number of carbonyl (C=O) groups is 1. The SMILES string of the molecule is COc1cc(/C=C/C(=O)N(C)CC(F)(F)F)ccc1OS(=O)(=O)c1cc(C)ccc1C. The van der Waals surface area contributed by atoms with Crippen LogP contribution in [0.4, 0.5) is 13.2 Å². The lowest BCUT2D eigenvalue weighted by Gasteiger charge is -2.17. The molecule has 0 spiro atoms. The minimum Gasteiger partial charge on any atom is -0.493 e. The van der Waals surface area contributed by atoms with Crippen LogP contribution in [-0.4, -0.2) is 46.1 Å². The second-order valence-electron chi connectivity index (χ2n) is 6.86. The van der Waals surface area contributed by atoms with Crippen molar-refractivity contribution in [2.24, 2.45) is 0 Å². The second kappa shape index (κ2) is 9.42. The zero-order chi connectivity index (χ0) is 23.4. The molecule has 0 aliphatic rings. The van der Waals surface area contributed by atoms with Crippen molar-refractivity contribution in [1.82, 2.24) is 4.90 Å². The van der Waals surface area contributed by atoms with Gasteiger partial charge in [0.05, 0.1) is 7.11 Å². The van der Waals surface area contributed by atoms with Crippen molar-refractivity contribution in [3.8, 4) is 11.5 Å². The van der Waals surface area contributed by atoms with E-state index in [-0.39, 0.29) is 16.4 Å². The zero-order valence-corrected chi connectivity index (χ0v) is 18.2. The van der Waals surface area contributed by atoms with Crippen molar-refractivity contribution in [3.05, 3.63) is 59.2 Å². The fourth-order valence-corrected chi connectivity index (χ4v) is 3.89. The summed E-state index contributed by atoms with van der Waals surface area (Å²) in [6.45, 7) is 2.03. The predicted octanol–water partition coefficient (Wildman–Crippen LogP) is 4.11. The Balaban J connectivity index is 2.24. The summed E-state index contributed by atoms with van der Waals surface area (Å²) >= 11 is 0. The summed E-state index contributed by atoms with van der Waals surface area (Å²) in [6.07, 6.45) is -2.23. The molecule has 0 atom stereocenters. The number of hydrogen-bond donors (Lipinski definition) is 0. The second-order valence-corrected chi connectivity index (χ2v) is 8.37. The van der Waals surface area contributed by atoms with Crippen LogP contribution in [0.15, 0.2) is 47.4 Å². The van der Waals surface area contributed by atoms with Crippen LogP contribution in [0.3, 0.4) is 0 Å². The van der Waals surface area contributed by atoms with E-state index in [1.54, 1.807) is 26.0 Å². The van der Waals surface area contributed by atoms with Gasteiger partial charge >= 0.3 is 16.3 Å². The summed E-state index contributed by atoms with van der Waals surface area (Å²) in [5.41, 5.74) is 1.67. The van der Waals surface area contributed by atoms with Crippen LogP contribution < -0.4 is 8.92 Å². The molecular formula is C21H22F3NO5S.